The van der Waals surface area contributed by atoms with Gasteiger partial charge < -0.3 is 0 Å². The van der Waals surface area contributed by atoms with E-state index in [0.717, 1.165) is 4.57 Å². The fraction of sp³-hybridized carbons (Fsp3) is 0.231. The number of benzene rings is 1. The Bertz CT molecular complexity index is 778. The van der Waals surface area contributed by atoms with Crippen LogP contribution in [-0.4, -0.2) is 9.55 Å². The average Bonchev–Trinajstić information content (AvgIpc) is 2.33. The third kappa shape index (κ3) is 2.51. The SMILES string of the molecule is CC(C)c1c(Cl)[nH]c(=O)n(-c2cccc(Cl)c2Cl)c1=O. The van der Waals surface area contributed by atoms with Crippen LogP contribution in [0.1, 0.15) is 25.3 Å². The Balaban J connectivity index is 2.89. The van der Waals surface area contributed by atoms with Gasteiger partial charge in [0, 0.05) is 0 Å². The summed E-state index contributed by atoms with van der Waals surface area (Å²) in [5, 5.41) is 0.444. The Morgan fingerprint density at radius 1 is 1.15 bits per heavy atom. The molecule has 0 spiro atoms. The van der Waals surface area contributed by atoms with Gasteiger partial charge in [-0.2, -0.15) is 0 Å². The highest BCUT2D eigenvalue weighted by atomic mass is 35.5. The van der Waals surface area contributed by atoms with Crippen LogP contribution in [0.3, 0.4) is 0 Å². The zero-order chi connectivity index (χ0) is 15.0. The van der Waals surface area contributed by atoms with E-state index in [2.05, 4.69) is 4.98 Å². The molecular formula is C13H11Cl3N2O2. The van der Waals surface area contributed by atoms with Crippen LogP contribution in [0.5, 0.6) is 0 Å². The molecule has 0 aliphatic rings. The lowest BCUT2D eigenvalue weighted by molar-refractivity contribution is 0.777. The highest BCUT2D eigenvalue weighted by Crippen LogP contribution is 2.27. The van der Waals surface area contributed by atoms with Crippen LogP contribution in [0.15, 0.2) is 27.8 Å². The molecule has 106 valence electrons. The van der Waals surface area contributed by atoms with E-state index < -0.39 is 11.2 Å². The van der Waals surface area contributed by atoms with Crippen LogP contribution in [0.2, 0.25) is 15.2 Å². The lowest BCUT2D eigenvalue weighted by atomic mass is 10.1. The highest BCUT2D eigenvalue weighted by Gasteiger charge is 2.18. The van der Waals surface area contributed by atoms with Gasteiger partial charge in [0.2, 0.25) is 0 Å². The maximum Gasteiger partial charge on any atom is 0.334 e. The topological polar surface area (TPSA) is 54.9 Å². The molecule has 0 unspecified atom stereocenters. The second kappa shape index (κ2) is 5.64. The molecule has 1 aromatic heterocycles. The summed E-state index contributed by atoms with van der Waals surface area (Å²) in [5.41, 5.74) is -0.613. The van der Waals surface area contributed by atoms with Crippen LogP contribution in [-0.2, 0) is 0 Å². The number of aromatic nitrogens is 2. The Kier molecular flexibility index (Phi) is 4.28. The van der Waals surface area contributed by atoms with E-state index in [1.165, 1.54) is 0 Å². The van der Waals surface area contributed by atoms with Crippen molar-refractivity contribution in [2.24, 2.45) is 0 Å². The van der Waals surface area contributed by atoms with Crippen LogP contribution < -0.4 is 11.2 Å². The van der Waals surface area contributed by atoms with Gasteiger partial charge >= 0.3 is 5.69 Å². The normalized spacial score (nSPS) is 11.1. The first-order valence-electron chi connectivity index (χ1n) is 5.83. The maximum atomic E-state index is 12.5. The van der Waals surface area contributed by atoms with Gasteiger partial charge in [-0.15, -0.1) is 0 Å². The fourth-order valence-corrected chi connectivity index (χ4v) is 2.67. The van der Waals surface area contributed by atoms with Crippen LogP contribution in [0.4, 0.5) is 0 Å². The number of nitrogens with one attached hydrogen (secondary N) is 1. The van der Waals surface area contributed by atoms with Gasteiger partial charge in [0.1, 0.15) is 5.15 Å². The van der Waals surface area contributed by atoms with E-state index >= 15 is 0 Å². The van der Waals surface area contributed by atoms with Crippen molar-refractivity contribution in [1.29, 1.82) is 0 Å². The number of rotatable bonds is 2. The Morgan fingerprint density at radius 3 is 2.40 bits per heavy atom. The zero-order valence-electron chi connectivity index (χ0n) is 10.7. The molecule has 7 heteroatoms. The third-order valence-electron chi connectivity index (χ3n) is 2.84. The largest absolute Gasteiger partial charge is 0.334 e. The molecule has 0 radical (unpaired) electrons. The van der Waals surface area contributed by atoms with Crippen LogP contribution in [0.25, 0.3) is 5.69 Å². The van der Waals surface area contributed by atoms with Crippen molar-refractivity contribution in [2.75, 3.05) is 0 Å². The second-order valence-electron chi connectivity index (χ2n) is 4.53. The van der Waals surface area contributed by atoms with E-state index in [-0.39, 0.29) is 26.8 Å². The minimum Gasteiger partial charge on any atom is -0.297 e. The maximum absolute atomic E-state index is 12.5. The number of H-pyrrole nitrogens is 1. The summed E-state index contributed by atoms with van der Waals surface area (Å²) in [6.45, 7) is 3.62. The van der Waals surface area contributed by atoms with E-state index in [1.54, 1.807) is 18.2 Å². The lowest BCUT2D eigenvalue weighted by Gasteiger charge is -2.12. The smallest absolute Gasteiger partial charge is 0.297 e. The first-order chi connectivity index (χ1) is 9.34. The summed E-state index contributed by atoms with van der Waals surface area (Å²) >= 11 is 17.9. The standard InChI is InChI=1S/C13H11Cl3N2O2/c1-6(2)9-11(16)17-13(20)18(12(9)19)8-5-3-4-7(14)10(8)15/h3-6H,1-2H3,(H,17,20). The van der Waals surface area contributed by atoms with Gasteiger partial charge in [-0.25, -0.2) is 9.36 Å². The van der Waals surface area contributed by atoms with Gasteiger partial charge in [0.25, 0.3) is 5.56 Å². The van der Waals surface area contributed by atoms with Gasteiger partial charge in [-0.1, -0.05) is 54.7 Å². The summed E-state index contributed by atoms with van der Waals surface area (Å²) in [6, 6.07) is 4.73. The van der Waals surface area contributed by atoms with Gasteiger partial charge in [0.15, 0.2) is 0 Å². The second-order valence-corrected chi connectivity index (χ2v) is 5.69. The summed E-state index contributed by atoms with van der Waals surface area (Å²) in [5.74, 6) is -0.143. The van der Waals surface area contributed by atoms with E-state index in [9.17, 15) is 9.59 Å². The number of hydrogen-bond donors (Lipinski definition) is 1. The summed E-state index contributed by atoms with van der Waals surface area (Å²) < 4.78 is 0.940. The molecule has 20 heavy (non-hydrogen) atoms. The highest BCUT2D eigenvalue weighted by molar-refractivity contribution is 6.43. The molecule has 0 aliphatic heterocycles. The minimum absolute atomic E-state index is 0.0457. The predicted octanol–water partition coefficient (Wildman–Crippen LogP) is 3.61. The number of aromatic amines is 1. The fourth-order valence-electron chi connectivity index (χ4n) is 1.91. The van der Waals surface area contributed by atoms with E-state index in [4.69, 9.17) is 34.8 Å². The Hall–Kier alpha value is -1.23. The summed E-state index contributed by atoms with van der Waals surface area (Å²) in [6.07, 6.45) is 0. The van der Waals surface area contributed by atoms with Crippen molar-refractivity contribution in [2.45, 2.75) is 19.8 Å². The molecule has 0 amide bonds. The molecule has 0 atom stereocenters. The number of nitrogens with zero attached hydrogens (tertiary/aromatic N) is 1. The van der Waals surface area contributed by atoms with Crippen LogP contribution >= 0.6 is 34.8 Å². The molecule has 2 aromatic rings. The van der Waals surface area contributed by atoms with E-state index in [1.807, 2.05) is 13.8 Å². The van der Waals surface area contributed by atoms with Crippen molar-refractivity contribution in [3.8, 4) is 5.69 Å². The molecule has 4 nitrogen and oxygen atoms in total. The number of halogens is 3. The molecule has 0 saturated heterocycles. The van der Waals surface area contributed by atoms with Gasteiger partial charge in [-0.05, 0) is 18.1 Å². The first-order valence-corrected chi connectivity index (χ1v) is 6.97. The summed E-state index contributed by atoms with van der Waals surface area (Å²) in [4.78, 5) is 26.9. The monoisotopic (exact) mass is 332 g/mol. The predicted molar refractivity (Wildman–Crippen MR) is 81.8 cm³/mol. The lowest BCUT2D eigenvalue weighted by Crippen LogP contribution is -2.36. The zero-order valence-corrected chi connectivity index (χ0v) is 13.0. The molecule has 2 rings (SSSR count). The molecule has 0 saturated carbocycles. The molecule has 1 aromatic carbocycles. The Morgan fingerprint density at radius 2 is 1.80 bits per heavy atom. The van der Waals surface area contributed by atoms with Crippen molar-refractivity contribution >= 4 is 34.8 Å². The number of hydrogen-bond acceptors (Lipinski definition) is 2. The van der Waals surface area contributed by atoms with Crippen molar-refractivity contribution in [1.82, 2.24) is 9.55 Å². The van der Waals surface area contributed by atoms with Gasteiger partial charge in [-0.3, -0.25) is 9.78 Å². The Labute approximate surface area is 129 Å². The van der Waals surface area contributed by atoms with E-state index in [0.29, 0.717) is 5.56 Å². The average molecular weight is 334 g/mol. The molecule has 0 fully saturated rings. The van der Waals surface area contributed by atoms with Crippen molar-refractivity contribution in [3.63, 3.8) is 0 Å². The molecule has 1 N–H and O–H groups in total. The quantitative estimate of drug-likeness (QED) is 0.854. The van der Waals surface area contributed by atoms with Crippen molar-refractivity contribution < 1.29 is 0 Å². The third-order valence-corrected chi connectivity index (χ3v) is 3.95. The molecular weight excluding hydrogens is 323 g/mol. The molecule has 0 bridgehead atoms. The van der Waals surface area contributed by atoms with Crippen LogP contribution in [0, 0.1) is 0 Å². The minimum atomic E-state index is -0.659. The first kappa shape index (κ1) is 15.2. The molecule has 0 aliphatic carbocycles. The molecule has 1 heterocycles. The van der Waals surface area contributed by atoms with Crippen molar-refractivity contribution in [3.05, 3.63) is 59.8 Å². The van der Waals surface area contributed by atoms with Gasteiger partial charge in [0.05, 0.1) is 21.3 Å². The summed E-state index contributed by atoms with van der Waals surface area (Å²) in [7, 11) is 0.